The van der Waals surface area contributed by atoms with E-state index in [9.17, 15) is 4.79 Å². The van der Waals surface area contributed by atoms with E-state index in [2.05, 4.69) is 15.4 Å². The van der Waals surface area contributed by atoms with Crippen molar-refractivity contribution < 1.29 is 9.21 Å². The van der Waals surface area contributed by atoms with Gasteiger partial charge in [-0.15, -0.1) is 11.3 Å². The number of anilines is 1. The maximum atomic E-state index is 12.5. The zero-order chi connectivity index (χ0) is 16.4. The molecule has 0 radical (unpaired) electrons. The Hall–Kier alpha value is -2.41. The molecule has 1 fully saturated rings. The number of nitrogens with one attached hydrogen (secondary N) is 1. The molecule has 3 aromatic heterocycles. The van der Waals surface area contributed by atoms with Gasteiger partial charge in [-0.1, -0.05) is 19.3 Å². The van der Waals surface area contributed by atoms with Crippen molar-refractivity contribution in [3.63, 3.8) is 0 Å². The van der Waals surface area contributed by atoms with E-state index in [4.69, 9.17) is 4.42 Å². The van der Waals surface area contributed by atoms with Gasteiger partial charge in [-0.2, -0.15) is 5.10 Å². The third kappa shape index (κ3) is 2.99. The van der Waals surface area contributed by atoms with Gasteiger partial charge in [0.1, 0.15) is 11.5 Å². The van der Waals surface area contributed by atoms with Crippen LogP contribution in [-0.2, 0) is 0 Å². The lowest BCUT2D eigenvalue weighted by Crippen LogP contribution is -2.20. The SMILES string of the molecule is O=C(Nc1ccnn1C1CCCCC1)c1csc(-c2ccco2)n1. The molecule has 7 heteroatoms. The molecule has 1 N–H and O–H groups in total. The molecular weight excluding hydrogens is 324 g/mol. The maximum absolute atomic E-state index is 12.5. The molecule has 0 spiro atoms. The Kier molecular flexibility index (Phi) is 4.17. The lowest BCUT2D eigenvalue weighted by atomic mass is 9.96. The minimum Gasteiger partial charge on any atom is -0.462 e. The molecule has 0 bridgehead atoms. The maximum Gasteiger partial charge on any atom is 0.276 e. The molecule has 24 heavy (non-hydrogen) atoms. The van der Waals surface area contributed by atoms with E-state index >= 15 is 0 Å². The van der Waals surface area contributed by atoms with Gasteiger partial charge in [0.25, 0.3) is 5.91 Å². The number of carbonyl (C=O) groups excluding carboxylic acids is 1. The summed E-state index contributed by atoms with van der Waals surface area (Å²) in [5.41, 5.74) is 0.391. The van der Waals surface area contributed by atoms with Crippen LogP contribution < -0.4 is 5.32 Å². The first kappa shape index (κ1) is 15.1. The summed E-state index contributed by atoms with van der Waals surface area (Å²) in [6, 6.07) is 5.85. The number of nitrogens with zero attached hydrogens (tertiary/aromatic N) is 3. The highest BCUT2D eigenvalue weighted by Crippen LogP contribution is 2.30. The van der Waals surface area contributed by atoms with Crippen LogP contribution in [0.15, 0.2) is 40.5 Å². The second kappa shape index (κ2) is 6.60. The number of amides is 1. The number of thiazole rings is 1. The van der Waals surface area contributed by atoms with Gasteiger partial charge in [0.2, 0.25) is 0 Å². The van der Waals surface area contributed by atoms with Gasteiger partial charge in [0.15, 0.2) is 10.8 Å². The molecule has 1 amide bonds. The molecule has 4 rings (SSSR count). The van der Waals surface area contributed by atoms with Crippen molar-refractivity contribution in [1.82, 2.24) is 14.8 Å². The van der Waals surface area contributed by atoms with Gasteiger partial charge in [-0.3, -0.25) is 4.79 Å². The lowest BCUT2D eigenvalue weighted by molar-refractivity contribution is 0.102. The van der Waals surface area contributed by atoms with Crippen LogP contribution in [0.2, 0.25) is 0 Å². The van der Waals surface area contributed by atoms with E-state index in [1.54, 1.807) is 23.9 Å². The van der Waals surface area contributed by atoms with Gasteiger partial charge >= 0.3 is 0 Å². The zero-order valence-electron chi connectivity index (χ0n) is 13.1. The molecule has 0 atom stereocenters. The molecule has 124 valence electrons. The van der Waals surface area contributed by atoms with Crippen LogP contribution in [0, 0.1) is 0 Å². The molecule has 1 saturated carbocycles. The van der Waals surface area contributed by atoms with Gasteiger partial charge in [-0.05, 0) is 25.0 Å². The first-order valence-corrected chi connectivity index (χ1v) is 9.03. The third-order valence-electron chi connectivity index (χ3n) is 4.30. The number of hydrogen-bond donors (Lipinski definition) is 1. The van der Waals surface area contributed by atoms with E-state index in [1.807, 2.05) is 16.8 Å². The normalized spacial score (nSPS) is 15.5. The fraction of sp³-hybridized carbons (Fsp3) is 0.353. The Balaban J connectivity index is 1.50. The van der Waals surface area contributed by atoms with Crippen molar-refractivity contribution in [2.75, 3.05) is 5.32 Å². The topological polar surface area (TPSA) is 73.0 Å². The summed E-state index contributed by atoms with van der Waals surface area (Å²) in [6.45, 7) is 0. The van der Waals surface area contributed by atoms with Gasteiger partial charge in [-0.25, -0.2) is 9.67 Å². The Morgan fingerprint density at radius 1 is 1.29 bits per heavy atom. The summed E-state index contributed by atoms with van der Waals surface area (Å²) >= 11 is 1.39. The summed E-state index contributed by atoms with van der Waals surface area (Å²) in [4.78, 5) is 16.8. The molecule has 3 heterocycles. The minimum atomic E-state index is -0.221. The van der Waals surface area contributed by atoms with E-state index in [0.29, 0.717) is 22.5 Å². The first-order chi connectivity index (χ1) is 11.8. The zero-order valence-corrected chi connectivity index (χ0v) is 14.0. The molecular formula is C17H18N4O2S. The highest BCUT2D eigenvalue weighted by Gasteiger charge is 2.20. The molecule has 1 aliphatic carbocycles. The number of rotatable bonds is 4. The highest BCUT2D eigenvalue weighted by atomic mass is 32.1. The van der Waals surface area contributed by atoms with Crippen LogP contribution in [0.25, 0.3) is 10.8 Å². The summed E-state index contributed by atoms with van der Waals surface area (Å²) in [5.74, 6) is 1.19. The Bertz CT molecular complexity index is 815. The van der Waals surface area contributed by atoms with Crippen molar-refractivity contribution in [2.45, 2.75) is 38.1 Å². The van der Waals surface area contributed by atoms with E-state index in [0.717, 1.165) is 18.7 Å². The monoisotopic (exact) mass is 342 g/mol. The molecule has 6 nitrogen and oxygen atoms in total. The smallest absolute Gasteiger partial charge is 0.276 e. The minimum absolute atomic E-state index is 0.221. The van der Waals surface area contributed by atoms with E-state index in [1.165, 1.54) is 30.6 Å². The van der Waals surface area contributed by atoms with Crippen molar-refractivity contribution in [2.24, 2.45) is 0 Å². The Morgan fingerprint density at radius 3 is 2.96 bits per heavy atom. The van der Waals surface area contributed by atoms with Crippen molar-refractivity contribution >= 4 is 23.1 Å². The average Bonchev–Trinajstić information content (AvgIpc) is 3.36. The largest absolute Gasteiger partial charge is 0.462 e. The Labute approximate surface area is 143 Å². The van der Waals surface area contributed by atoms with Gasteiger partial charge in [0.05, 0.1) is 18.5 Å². The predicted molar refractivity (Wildman–Crippen MR) is 92.1 cm³/mol. The van der Waals surface area contributed by atoms with Crippen LogP contribution in [0.1, 0.15) is 48.6 Å². The van der Waals surface area contributed by atoms with E-state index < -0.39 is 0 Å². The van der Waals surface area contributed by atoms with Crippen LogP contribution >= 0.6 is 11.3 Å². The standard InChI is InChI=1S/C17H18N4O2S/c22-16(13-11-24-17(19-13)14-7-4-10-23-14)20-15-8-9-18-21(15)12-5-2-1-3-6-12/h4,7-12H,1-3,5-6H2,(H,20,22). The number of hydrogen-bond acceptors (Lipinski definition) is 5. The molecule has 0 saturated heterocycles. The van der Waals surface area contributed by atoms with Crippen molar-refractivity contribution in [1.29, 1.82) is 0 Å². The third-order valence-corrected chi connectivity index (χ3v) is 5.16. The van der Waals surface area contributed by atoms with Gasteiger partial charge < -0.3 is 9.73 Å². The fourth-order valence-electron chi connectivity index (χ4n) is 3.10. The van der Waals surface area contributed by atoms with Crippen LogP contribution in [-0.4, -0.2) is 20.7 Å². The summed E-state index contributed by atoms with van der Waals surface area (Å²) in [6.07, 6.45) is 9.29. The fourth-order valence-corrected chi connectivity index (χ4v) is 3.87. The summed E-state index contributed by atoms with van der Waals surface area (Å²) < 4.78 is 7.26. The summed E-state index contributed by atoms with van der Waals surface area (Å²) in [5, 5.41) is 9.78. The molecule has 1 aliphatic rings. The second-order valence-electron chi connectivity index (χ2n) is 5.92. The van der Waals surface area contributed by atoms with Crippen LogP contribution in [0.4, 0.5) is 5.82 Å². The van der Waals surface area contributed by atoms with Gasteiger partial charge in [0, 0.05) is 11.4 Å². The van der Waals surface area contributed by atoms with Crippen molar-refractivity contribution in [3.8, 4) is 10.8 Å². The van der Waals surface area contributed by atoms with Crippen LogP contribution in [0.5, 0.6) is 0 Å². The molecule has 3 aromatic rings. The summed E-state index contributed by atoms with van der Waals surface area (Å²) in [7, 11) is 0. The lowest BCUT2D eigenvalue weighted by Gasteiger charge is -2.23. The first-order valence-electron chi connectivity index (χ1n) is 8.15. The quantitative estimate of drug-likeness (QED) is 0.764. The molecule has 0 aliphatic heterocycles. The second-order valence-corrected chi connectivity index (χ2v) is 6.78. The average molecular weight is 342 g/mol. The number of carbonyl (C=O) groups is 1. The highest BCUT2D eigenvalue weighted by molar-refractivity contribution is 7.13. The van der Waals surface area contributed by atoms with Crippen molar-refractivity contribution in [3.05, 3.63) is 41.7 Å². The number of furan rings is 1. The molecule has 0 aromatic carbocycles. The molecule has 0 unspecified atom stereocenters. The van der Waals surface area contributed by atoms with E-state index in [-0.39, 0.29) is 5.91 Å². The number of aromatic nitrogens is 3. The Morgan fingerprint density at radius 2 is 2.17 bits per heavy atom. The van der Waals surface area contributed by atoms with Crippen LogP contribution in [0.3, 0.4) is 0 Å². The predicted octanol–water partition coefficient (Wildman–Crippen LogP) is 4.36.